The van der Waals surface area contributed by atoms with Gasteiger partial charge in [-0.25, -0.2) is 9.37 Å². The van der Waals surface area contributed by atoms with Crippen LogP contribution in [0.1, 0.15) is 36.7 Å². The van der Waals surface area contributed by atoms with Crippen molar-refractivity contribution in [3.05, 3.63) is 75.6 Å². The summed E-state index contributed by atoms with van der Waals surface area (Å²) in [5.74, 6) is 7.25. The molecule has 4 nitrogen and oxygen atoms in total. The monoisotopic (exact) mass is 387 g/mol. The molecule has 2 aromatic carbocycles. The van der Waals surface area contributed by atoms with E-state index in [0.29, 0.717) is 28.4 Å². The highest BCUT2D eigenvalue weighted by Crippen LogP contribution is 2.27. The minimum atomic E-state index is -0.304. The van der Waals surface area contributed by atoms with Crippen LogP contribution >= 0.6 is 0 Å². The summed E-state index contributed by atoms with van der Waals surface area (Å²) in [7, 11) is 0. The molecule has 5 heteroatoms. The maximum atomic E-state index is 13.3. The van der Waals surface area contributed by atoms with Crippen LogP contribution in [0.3, 0.4) is 0 Å². The minimum absolute atomic E-state index is 0.0351. The predicted octanol–water partition coefficient (Wildman–Crippen LogP) is 3.55. The smallest absolute Gasteiger partial charge is 0.261 e. The molecule has 0 radical (unpaired) electrons. The van der Waals surface area contributed by atoms with E-state index in [-0.39, 0.29) is 11.4 Å². The highest BCUT2D eigenvalue weighted by molar-refractivity contribution is 5.79. The van der Waals surface area contributed by atoms with Crippen molar-refractivity contribution in [2.45, 2.75) is 38.9 Å². The molecule has 0 spiro atoms. The van der Waals surface area contributed by atoms with Gasteiger partial charge in [-0.3, -0.25) is 14.3 Å². The molecule has 2 aliphatic heterocycles. The molecule has 3 heterocycles. The van der Waals surface area contributed by atoms with Crippen LogP contribution in [0.5, 0.6) is 0 Å². The number of aromatic nitrogens is 2. The number of hydrogen-bond donors (Lipinski definition) is 0. The fourth-order valence-corrected chi connectivity index (χ4v) is 4.46. The Morgan fingerprint density at radius 2 is 1.90 bits per heavy atom. The molecule has 0 amide bonds. The van der Waals surface area contributed by atoms with Gasteiger partial charge in [-0.05, 0) is 55.2 Å². The number of halogens is 1. The van der Waals surface area contributed by atoms with E-state index < -0.39 is 0 Å². The zero-order valence-corrected chi connectivity index (χ0v) is 16.4. The number of nitrogens with zero attached hydrogens (tertiary/aromatic N) is 3. The summed E-state index contributed by atoms with van der Waals surface area (Å²) in [6.45, 7) is 4.80. The summed E-state index contributed by atoms with van der Waals surface area (Å²) >= 11 is 0. The van der Waals surface area contributed by atoms with Gasteiger partial charge in [-0.15, -0.1) is 0 Å². The van der Waals surface area contributed by atoms with E-state index in [2.05, 4.69) is 23.7 Å². The predicted molar refractivity (Wildman–Crippen MR) is 111 cm³/mol. The number of rotatable bonds is 0. The lowest BCUT2D eigenvalue weighted by Crippen LogP contribution is -2.50. The third-order valence-corrected chi connectivity index (χ3v) is 6.00. The first-order chi connectivity index (χ1) is 14.1. The fraction of sp³-hybridized carbons (Fsp3) is 0.333. The summed E-state index contributed by atoms with van der Waals surface area (Å²) < 4.78 is 15.2. The topological polar surface area (TPSA) is 38.1 Å². The average Bonchev–Trinajstić information content (AvgIpc) is 2.71. The molecule has 1 saturated heterocycles. The first kappa shape index (κ1) is 18.1. The van der Waals surface area contributed by atoms with Crippen molar-refractivity contribution in [2.24, 2.45) is 5.92 Å². The molecule has 146 valence electrons. The van der Waals surface area contributed by atoms with Gasteiger partial charge < -0.3 is 0 Å². The van der Waals surface area contributed by atoms with Crippen LogP contribution in [0.2, 0.25) is 0 Å². The van der Waals surface area contributed by atoms with Gasteiger partial charge in [0.2, 0.25) is 0 Å². The SMILES string of the molecule is C[C@@H]1CCC2Cn3c(nc4cc(C#Cc5cccc(F)c5)ccc4c3=O)CN2C1. The second kappa shape index (κ2) is 7.13. The van der Waals surface area contributed by atoms with Gasteiger partial charge in [0, 0.05) is 30.3 Å². The van der Waals surface area contributed by atoms with Crippen molar-refractivity contribution in [1.82, 2.24) is 14.5 Å². The van der Waals surface area contributed by atoms with Crippen molar-refractivity contribution >= 4 is 10.9 Å². The Morgan fingerprint density at radius 3 is 2.72 bits per heavy atom. The Bertz CT molecular complexity index is 1220. The number of benzene rings is 2. The van der Waals surface area contributed by atoms with Crippen LogP contribution < -0.4 is 5.56 Å². The van der Waals surface area contributed by atoms with Crippen LogP contribution in [0.25, 0.3) is 10.9 Å². The highest BCUT2D eigenvalue weighted by Gasteiger charge is 2.32. The van der Waals surface area contributed by atoms with E-state index in [9.17, 15) is 9.18 Å². The highest BCUT2D eigenvalue weighted by atomic mass is 19.1. The van der Waals surface area contributed by atoms with Gasteiger partial charge >= 0.3 is 0 Å². The summed E-state index contributed by atoms with van der Waals surface area (Å²) in [6, 6.07) is 12.2. The lowest BCUT2D eigenvalue weighted by atomic mass is 9.93. The summed E-state index contributed by atoms with van der Waals surface area (Å²) in [6.07, 6.45) is 2.36. The van der Waals surface area contributed by atoms with Crippen LogP contribution in [-0.4, -0.2) is 27.0 Å². The number of piperidine rings is 1. The van der Waals surface area contributed by atoms with Gasteiger partial charge in [-0.1, -0.05) is 24.8 Å². The summed E-state index contributed by atoms with van der Waals surface area (Å²) in [5, 5.41) is 0.627. The maximum absolute atomic E-state index is 13.3. The first-order valence-electron chi connectivity index (χ1n) is 10.1. The molecule has 0 bridgehead atoms. The molecule has 1 unspecified atom stereocenters. The van der Waals surface area contributed by atoms with Crippen molar-refractivity contribution < 1.29 is 4.39 Å². The Balaban J connectivity index is 1.52. The van der Waals surface area contributed by atoms with Gasteiger partial charge in [0.1, 0.15) is 11.6 Å². The molecule has 2 atom stereocenters. The maximum Gasteiger partial charge on any atom is 0.261 e. The zero-order valence-electron chi connectivity index (χ0n) is 16.4. The molecule has 0 aliphatic carbocycles. The third kappa shape index (κ3) is 3.45. The van der Waals surface area contributed by atoms with Gasteiger partial charge in [0.25, 0.3) is 5.56 Å². The molecule has 2 aliphatic rings. The quantitative estimate of drug-likeness (QED) is 0.554. The summed E-state index contributed by atoms with van der Waals surface area (Å²) in [4.78, 5) is 20.4. The lowest BCUT2D eigenvalue weighted by Gasteiger charge is -2.42. The number of hydrogen-bond acceptors (Lipinski definition) is 3. The molecular formula is C24H22FN3O. The van der Waals surface area contributed by atoms with Crippen LogP contribution in [0, 0.1) is 23.6 Å². The fourth-order valence-electron chi connectivity index (χ4n) is 4.46. The standard InChI is InChI=1S/C24H22FN3O/c1-16-5-9-20-14-28-23(15-27(20)13-16)26-22-12-18(8-10-21(22)24(28)29)7-6-17-3-2-4-19(25)11-17/h2-4,8,10-12,16,20H,5,9,13-15H2,1H3/t16-,20?/m1/s1. The van der Waals surface area contributed by atoms with E-state index >= 15 is 0 Å². The van der Waals surface area contributed by atoms with Gasteiger partial charge in [-0.2, -0.15) is 0 Å². The number of fused-ring (bicyclic) bond motifs is 3. The normalized spacial score (nSPS) is 21.2. The van der Waals surface area contributed by atoms with Crippen LogP contribution in [0.4, 0.5) is 4.39 Å². The van der Waals surface area contributed by atoms with E-state index in [0.717, 1.165) is 37.4 Å². The van der Waals surface area contributed by atoms with E-state index in [1.165, 1.54) is 18.6 Å². The van der Waals surface area contributed by atoms with E-state index in [4.69, 9.17) is 4.98 Å². The minimum Gasteiger partial charge on any atom is -0.293 e. The molecule has 1 aromatic heterocycles. The van der Waals surface area contributed by atoms with E-state index in [1.54, 1.807) is 12.1 Å². The van der Waals surface area contributed by atoms with Crippen LogP contribution in [0.15, 0.2) is 47.3 Å². The average molecular weight is 387 g/mol. The third-order valence-electron chi connectivity index (χ3n) is 6.00. The molecule has 1 fully saturated rings. The molecular weight excluding hydrogens is 365 g/mol. The Labute approximate surface area is 169 Å². The summed E-state index contributed by atoms with van der Waals surface area (Å²) in [5.41, 5.74) is 2.09. The zero-order chi connectivity index (χ0) is 20.0. The molecule has 5 rings (SSSR count). The van der Waals surface area contributed by atoms with Crippen molar-refractivity contribution in [3.8, 4) is 11.8 Å². The van der Waals surface area contributed by atoms with Crippen molar-refractivity contribution in [3.63, 3.8) is 0 Å². The Kier molecular flexibility index (Phi) is 4.44. The van der Waals surface area contributed by atoms with Crippen LogP contribution in [-0.2, 0) is 13.1 Å². The lowest BCUT2D eigenvalue weighted by molar-refractivity contribution is 0.0687. The van der Waals surface area contributed by atoms with Crippen molar-refractivity contribution in [1.29, 1.82) is 0 Å². The van der Waals surface area contributed by atoms with Crippen molar-refractivity contribution in [2.75, 3.05) is 6.54 Å². The molecule has 0 N–H and O–H groups in total. The Morgan fingerprint density at radius 1 is 1.07 bits per heavy atom. The second-order valence-corrected chi connectivity index (χ2v) is 8.20. The molecule has 3 aromatic rings. The largest absolute Gasteiger partial charge is 0.293 e. The van der Waals surface area contributed by atoms with E-state index in [1.807, 2.05) is 22.8 Å². The molecule has 0 saturated carbocycles. The van der Waals surface area contributed by atoms with Gasteiger partial charge in [0.15, 0.2) is 0 Å². The Hall–Kier alpha value is -2.97. The second-order valence-electron chi connectivity index (χ2n) is 8.20. The first-order valence-corrected chi connectivity index (χ1v) is 10.1. The van der Waals surface area contributed by atoms with Gasteiger partial charge in [0.05, 0.1) is 17.4 Å². The molecule has 29 heavy (non-hydrogen) atoms.